The van der Waals surface area contributed by atoms with Crippen LogP contribution in [0.5, 0.6) is 0 Å². The topological polar surface area (TPSA) is 52.0 Å². The van der Waals surface area contributed by atoms with Crippen LogP contribution in [0.4, 0.5) is 5.69 Å². The Morgan fingerprint density at radius 1 is 1.17 bits per heavy atom. The molecule has 0 saturated heterocycles. The Hall–Kier alpha value is -2.00. The third-order valence-corrected chi connectivity index (χ3v) is 2.93. The number of hydrogen-bond acceptors (Lipinski definition) is 3. The Morgan fingerprint density at radius 3 is 2.78 bits per heavy atom. The summed E-state index contributed by atoms with van der Waals surface area (Å²) >= 11 is 5.97. The second-order valence-electron chi connectivity index (χ2n) is 4.26. The Balaban J connectivity index is 2.19. The van der Waals surface area contributed by atoms with Gasteiger partial charge in [-0.15, -0.1) is 0 Å². The lowest BCUT2D eigenvalue weighted by molar-refractivity contribution is 0.620. The van der Waals surface area contributed by atoms with Gasteiger partial charge in [-0.1, -0.05) is 17.7 Å². The van der Waals surface area contributed by atoms with Crippen molar-refractivity contribution < 1.29 is 4.42 Å². The highest BCUT2D eigenvalue weighted by Gasteiger charge is 2.09. The van der Waals surface area contributed by atoms with Crippen molar-refractivity contribution in [1.29, 1.82) is 0 Å². The zero-order valence-electron chi connectivity index (χ0n) is 9.77. The van der Waals surface area contributed by atoms with Crippen LogP contribution in [0.1, 0.15) is 5.56 Å². The standard InChI is InChI=1S/C14H11ClN2O/c1-8-2-3-13-12(4-8)17-14(18-13)9-5-10(15)7-11(16)6-9/h2-7H,16H2,1H3. The number of oxazole rings is 1. The largest absolute Gasteiger partial charge is 0.436 e. The van der Waals surface area contributed by atoms with Crippen LogP contribution in [0.2, 0.25) is 5.02 Å². The fraction of sp³-hybridized carbons (Fsp3) is 0.0714. The molecule has 4 heteroatoms. The minimum Gasteiger partial charge on any atom is -0.436 e. The van der Waals surface area contributed by atoms with E-state index in [0.717, 1.165) is 22.2 Å². The number of anilines is 1. The molecule has 3 nitrogen and oxygen atoms in total. The molecule has 2 N–H and O–H groups in total. The lowest BCUT2D eigenvalue weighted by Gasteiger charge is -1.98. The number of hydrogen-bond donors (Lipinski definition) is 1. The Bertz CT molecular complexity index is 713. The third kappa shape index (κ3) is 1.93. The van der Waals surface area contributed by atoms with Gasteiger partial charge in [0.25, 0.3) is 0 Å². The van der Waals surface area contributed by atoms with Gasteiger partial charge in [-0.05, 0) is 42.8 Å². The fourth-order valence-electron chi connectivity index (χ4n) is 1.90. The number of nitrogens with zero attached hydrogens (tertiary/aromatic N) is 1. The van der Waals surface area contributed by atoms with Crippen molar-refractivity contribution in [3.05, 3.63) is 47.0 Å². The normalized spacial score (nSPS) is 11.0. The van der Waals surface area contributed by atoms with Crippen LogP contribution in [0.3, 0.4) is 0 Å². The summed E-state index contributed by atoms with van der Waals surface area (Å²) in [6.45, 7) is 2.02. The summed E-state index contributed by atoms with van der Waals surface area (Å²) in [6, 6.07) is 11.2. The van der Waals surface area contributed by atoms with Gasteiger partial charge in [0.15, 0.2) is 5.58 Å². The molecule has 0 spiro atoms. The summed E-state index contributed by atoms with van der Waals surface area (Å²) in [4.78, 5) is 4.45. The number of benzene rings is 2. The minimum atomic E-state index is 0.532. The van der Waals surface area contributed by atoms with Crippen LogP contribution < -0.4 is 5.73 Å². The van der Waals surface area contributed by atoms with E-state index in [2.05, 4.69) is 4.98 Å². The van der Waals surface area contributed by atoms with Gasteiger partial charge in [0.1, 0.15) is 5.52 Å². The minimum absolute atomic E-state index is 0.532. The Morgan fingerprint density at radius 2 is 2.00 bits per heavy atom. The van der Waals surface area contributed by atoms with Crippen molar-refractivity contribution in [3.63, 3.8) is 0 Å². The molecule has 0 unspecified atom stereocenters. The molecule has 1 aromatic heterocycles. The first-order valence-electron chi connectivity index (χ1n) is 5.55. The van der Waals surface area contributed by atoms with Crippen molar-refractivity contribution in [2.75, 3.05) is 5.73 Å². The van der Waals surface area contributed by atoms with E-state index >= 15 is 0 Å². The van der Waals surface area contributed by atoms with Crippen LogP contribution in [-0.4, -0.2) is 4.98 Å². The zero-order chi connectivity index (χ0) is 12.7. The molecule has 0 aliphatic heterocycles. The van der Waals surface area contributed by atoms with E-state index < -0.39 is 0 Å². The van der Waals surface area contributed by atoms with E-state index in [1.807, 2.05) is 25.1 Å². The highest BCUT2D eigenvalue weighted by Crippen LogP contribution is 2.28. The van der Waals surface area contributed by atoms with Crippen molar-refractivity contribution in [1.82, 2.24) is 4.98 Å². The number of nitrogens with two attached hydrogens (primary N) is 1. The number of aromatic nitrogens is 1. The maximum absolute atomic E-state index is 5.97. The molecule has 0 fully saturated rings. The quantitative estimate of drug-likeness (QED) is 0.670. The predicted octanol–water partition coefficient (Wildman–Crippen LogP) is 4.04. The van der Waals surface area contributed by atoms with Crippen molar-refractivity contribution in [2.24, 2.45) is 0 Å². The summed E-state index contributed by atoms with van der Waals surface area (Å²) in [5.74, 6) is 0.532. The number of fused-ring (bicyclic) bond motifs is 1. The summed E-state index contributed by atoms with van der Waals surface area (Å²) in [5, 5.41) is 0.573. The van der Waals surface area contributed by atoms with E-state index in [-0.39, 0.29) is 0 Å². The molecule has 0 radical (unpaired) electrons. The highest BCUT2D eigenvalue weighted by atomic mass is 35.5. The predicted molar refractivity (Wildman–Crippen MR) is 73.6 cm³/mol. The molecule has 0 bridgehead atoms. The monoisotopic (exact) mass is 258 g/mol. The van der Waals surface area contributed by atoms with Gasteiger partial charge in [0.2, 0.25) is 5.89 Å². The average molecular weight is 259 g/mol. The molecule has 1 heterocycles. The second-order valence-corrected chi connectivity index (χ2v) is 4.70. The molecule has 2 aromatic carbocycles. The molecule has 0 atom stereocenters. The van der Waals surface area contributed by atoms with Crippen molar-refractivity contribution in [2.45, 2.75) is 6.92 Å². The second kappa shape index (κ2) is 4.03. The zero-order valence-corrected chi connectivity index (χ0v) is 10.5. The maximum atomic E-state index is 5.97. The molecular formula is C14H11ClN2O. The molecule has 0 saturated carbocycles. The van der Waals surface area contributed by atoms with Gasteiger partial charge in [0.05, 0.1) is 0 Å². The molecule has 90 valence electrons. The smallest absolute Gasteiger partial charge is 0.227 e. The van der Waals surface area contributed by atoms with Gasteiger partial charge in [0, 0.05) is 16.3 Å². The first kappa shape index (κ1) is 11.1. The SMILES string of the molecule is Cc1ccc2oc(-c3cc(N)cc(Cl)c3)nc2c1. The van der Waals surface area contributed by atoms with Crippen molar-refractivity contribution >= 4 is 28.4 Å². The van der Waals surface area contributed by atoms with E-state index in [4.69, 9.17) is 21.8 Å². The lowest BCUT2D eigenvalue weighted by atomic mass is 10.2. The first-order chi connectivity index (χ1) is 8.61. The van der Waals surface area contributed by atoms with Gasteiger partial charge in [-0.2, -0.15) is 0 Å². The molecule has 18 heavy (non-hydrogen) atoms. The molecule has 3 rings (SSSR count). The molecule has 0 aliphatic carbocycles. The summed E-state index contributed by atoms with van der Waals surface area (Å²) < 4.78 is 5.69. The Kier molecular flexibility index (Phi) is 2.49. The van der Waals surface area contributed by atoms with Crippen LogP contribution >= 0.6 is 11.6 Å². The maximum Gasteiger partial charge on any atom is 0.227 e. The summed E-state index contributed by atoms with van der Waals surface area (Å²) in [5.41, 5.74) is 9.88. The van der Waals surface area contributed by atoms with Crippen LogP contribution in [0.25, 0.3) is 22.6 Å². The molecule has 0 amide bonds. The van der Waals surface area contributed by atoms with E-state index in [1.54, 1.807) is 18.2 Å². The summed E-state index contributed by atoms with van der Waals surface area (Å²) in [6.07, 6.45) is 0. The highest BCUT2D eigenvalue weighted by molar-refractivity contribution is 6.31. The molecule has 0 aliphatic rings. The molecule has 3 aromatic rings. The fourth-order valence-corrected chi connectivity index (χ4v) is 2.14. The number of nitrogen functional groups attached to an aromatic ring is 1. The van der Waals surface area contributed by atoms with Gasteiger partial charge in [-0.25, -0.2) is 4.98 Å². The lowest BCUT2D eigenvalue weighted by Crippen LogP contribution is -1.86. The Labute approximate surface area is 109 Å². The van der Waals surface area contributed by atoms with Crippen LogP contribution in [-0.2, 0) is 0 Å². The number of rotatable bonds is 1. The van der Waals surface area contributed by atoms with Crippen LogP contribution in [0.15, 0.2) is 40.8 Å². The first-order valence-corrected chi connectivity index (χ1v) is 5.93. The van der Waals surface area contributed by atoms with E-state index in [9.17, 15) is 0 Å². The molecular weight excluding hydrogens is 248 g/mol. The number of aryl methyl sites for hydroxylation is 1. The summed E-state index contributed by atoms with van der Waals surface area (Å²) in [7, 11) is 0. The third-order valence-electron chi connectivity index (χ3n) is 2.71. The van der Waals surface area contributed by atoms with E-state index in [0.29, 0.717) is 16.6 Å². The van der Waals surface area contributed by atoms with Gasteiger partial charge in [-0.3, -0.25) is 0 Å². The average Bonchev–Trinajstić information content (AvgIpc) is 2.70. The van der Waals surface area contributed by atoms with Gasteiger partial charge >= 0.3 is 0 Å². The van der Waals surface area contributed by atoms with Crippen LogP contribution in [0, 0.1) is 6.92 Å². The van der Waals surface area contributed by atoms with Crippen molar-refractivity contribution in [3.8, 4) is 11.5 Å². The van der Waals surface area contributed by atoms with E-state index in [1.165, 1.54) is 0 Å². The van der Waals surface area contributed by atoms with Gasteiger partial charge < -0.3 is 10.2 Å². The number of halogens is 1.